The van der Waals surface area contributed by atoms with Crippen LogP contribution >= 0.6 is 0 Å². The molecule has 4 aliphatic rings. The van der Waals surface area contributed by atoms with E-state index >= 15 is 0 Å². The minimum absolute atomic E-state index is 0. The van der Waals surface area contributed by atoms with Gasteiger partial charge in [-0.05, 0) is 176 Å². The number of primary amides is 1. The Kier molecular flexibility index (Phi) is 16.4. The highest BCUT2D eigenvalue weighted by molar-refractivity contribution is 6.42. The molecule has 0 unspecified atom stereocenters. The van der Waals surface area contributed by atoms with E-state index in [1.54, 1.807) is 18.2 Å². The first-order chi connectivity index (χ1) is 29.6. The number of hydrogen-bond acceptors (Lipinski definition) is 8. The number of amides is 1. The average Bonchev–Trinajstić information content (AvgIpc) is 4.08. The van der Waals surface area contributed by atoms with Gasteiger partial charge < -0.3 is 39.0 Å². The first-order valence-corrected chi connectivity index (χ1v) is 22.1. The van der Waals surface area contributed by atoms with Crippen LogP contribution in [0.4, 0.5) is 4.39 Å². The van der Waals surface area contributed by atoms with Crippen LogP contribution in [0.2, 0.25) is 0 Å². The van der Waals surface area contributed by atoms with E-state index in [0.717, 1.165) is 54.0 Å². The Hall–Kier alpha value is -5.39. The van der Waals surface area contributed by atoms with Gasteiger partial charge in [-0.3, -0.25) is 9.59 Å². The van der Waals surface area contributed by atoms with Crippen molar-refractivity contribution in [2.45, 2.75) is 85.6 Å². The summed E-state index contributed by atoms with van der Waals surface area (Å²) in [6.45, 7) is 16.0. The third kappa shape index (κ3) is 11.9. The normalized spacial score (nSPS) is 15.6. The summed E-state index contributed by atoms with van der Waals surface area (Å²) in [5.74, 6) is 0.803. The van der Waals surface area contributed by atoms with Gasteiger partial charge in [0.15, 0.2) is 28.8 Å². The second-order valence-electron chi connectivity index (χ2n) is 16.7. The molecule has 9 rings (SSSR count). The zero-order chi connectivity index (χ0) is 42.7. The molecule has 5 aromatic rings. The molecule has 0 atom stereocenters. The molecule has 1 aromatic heterocycles. The van der Waals surface area contributed by atoms with Gasteiger partial charge in [0.1, 0.15) is 26.4 Å². The van der Waals surface area contributed by atoms with Gasteiger partial charge in [-0.25, -0.2) is 4.39 Å². The van der Waals surface area contributed by atoms with Crippen molar-refractivity contribution in [3.05, 3.63) is 107 Å². The number of fused-ring (bicyclic) bond motifs is 3. The van der Waals surface area contributed by atoms with Crippen LogP contribution in [0.3, 0.4) is 0 Å². The van der Waals surface area contributed by atoms with Crippen LogP contribution in [-0.2, 0) is 17.6 Å². The molecule has 1 amide bonds. The number of aryl methyl sites for hydroxylation is 3. The molecular weight excluding hydrogens is 784 g/mol. The van der Waals surface area contributed by atoms with Crippen LogP contribution in [0.15, 0.2) is 79.0 Å². The summed E-state index contributed by atoms with van der Waals surface area (Å²) in [5.41, 5.74) is 12.2. The number of ketones is 1. The fourth-order valence-corrected chi connectivity index (χ4v) is 8.63. The van der Waals surface area contributed by atoms with Crippen molar-refractivity contribution in [3.63, 3.8) is 0 Å². The summed E-state index contributed by atoms with van der Waals surface area (Å²) in [6, 6.07) is 23.6. The number of carbonyl (C=O) groups is 2. The Bertz CT molecular complexity index is 2180. The van der Waals surface area contributed by atoms with E-state index in [0.29, 0.717) is 43.8 Å². The van der Waals surface area contributed by atoms with Gasteiger partial charge in [-0.2, -0.15) is 0 Å². The van der Waals surface area contributed by atoms with Gasteiger partial charge >= 0.3 is 0 Å². The number of hydrogen-bond donors (Lipinski definition) is 1. The minimum atomic E-state index is -0.936. The van der Waals surface area contributed by atoms with E-state index in [9.17, 15) is 14.0 Å². The smallest absolute Gasteiger partial charge is 0.289 e. The molecule has 2 N–H and O–H groups in total. The summed E-state index contributed by atoms with van der Waals surface area (Å²) >= 11 is 0. The van der Waals surface area contributed by atoms with Crippen LogP contribution in [0.1, 0.15) is 92.9 Å². The number of rotatable bonds is 12. The average molecular weight is 849 g/mol. The molecule has 4 aliphatic heterocycles. The van der Waals surface area contributed by atoms with E-state index in [1.165, 1.54) is 86.9 Å². The lowest BCUT2D eigenvalue weighted by atomic mass is 10.0. The number of nitrogens with two attached hydrogens (primary N) is 1. The standard InChI is InChI=1S/C19H18N2O2.C16H23NO2.C15H20FNO2.CH4/c1-12(2)21-10-9-16-11-15(7-8-17(16)21)13-3-5-14(6-4-13)18(22)19(20)23;1-13-11-14(5-4-8-17-6-2-3-7-17)12-15-16(13)19-10-9-18-15;16-13-10-12(4-3-7-17-5-1-2-6-17)11-14-15(13)19-9-8-18-14;/h3-12H,1-2H3,(H2,20,23);11-12H,2-10H2,1H3;10-11H,1-9H2;1H4. The van der Waals surface area contributed by atoms with Crippen LogP contribution < -0.4 is 24.7 Å². The van der Waals surface area contributed by atoms with Gasteiger partial charge in [0.05, 0.1) is 0 Å². The van der Waals surface area contributed by atoms with E-state index in [2.05, 4.69) is 77.7 Å². The highest BCUT2D eigenvalue weighted by atomic mass is 19.1. The molecule has 2 saturated heterocycles. The monoisotopic (exact) mass is 848 g/mol. The minimum Gasteiger partial charge on any atom is -0.486 e. The first-order valence-electron chi connectivity index (χ1n) is 22.1. The molecule has 0 saturated carbocycles. The van der Waals surface area contributed by atoms with Gasteiger partial charge in [0, 0.05) is 28.7 Å². The molecule has 0 spiro atoms. The molecule has 0 aliphatic carbocycles. The first kappa shape index (κ1) is 46.1. The molecule has 11 heteroatoms. The maximum absolute atomic E-state index is 13.8. The maximum atomic E-state index is 13.8. The lowest BCUT2D eigenvalue weighted by Crippen LogP contribution is -2.22. The number of nitrogens with zero attached hydrogens (tertiary/aromatic N) is 3. The zero-order valence-corrected chi connectivity index (χ0v) is 36.1. The largest absolute Gasteiger partial charge is 0.486 e. The van der Waals surface area contributed by atoms with Crippen molar-refractivity contribution in [2.75, 3.05) is 65.7 Å². The Labute approximate surface area is 367 Å². The second-order valence-corrected chi connectivity index (χ2v) is 16.7. The predicted octanol–water partition coefficient (Wildman–Crippen LogP) is 9.61. The van der Waals surface area contributed by atoms with Crippen molar-refractivity contribution in [1.29, 1.82) is 0 Å². The molecule has 2 fully saturated rings. The Morgan fingerprint density at radius 3 is 1.79 bits per heavy atom. The molecule has 62 heavy (non-hydrogen) atoms. The van der Waals surface area contributed by atoms with Gasteiger partial charge in [0.2, 0.25) is 5.78 Å². The molecule has 0 radical (unpaired) electrons. The molecular formula is C51H65FN4O6. The van der Waals surface area contributed by atoms with E-state index in [-0.39, 0.29) is 19.0 Å². The van der Waals surface area contributed by atoms with Crippen molar-refractivity contribution < 1.29 is 32.9 Å². The Morgan fingerprint density at radius 2 is 1.21 bits per heavy atom. The number of likely N-dealkylation sites (tertiary alicyclic amines) is 2. The summed E-state index contributed by atoms with van der Waals surface area (Å²) < 4.78 is 38.2. The fourth-order valence-electron chi connectivity index (χ4n) is 8.63. The topological polar surface area (TPSA) is 108 Å². The van der Waals surface area contributed by atoms with Crippen molar-refractivity contribution in [1.82, 2.24) is 14.4 Å². The number of carbonyl (C=O) groups excluding carboxylic acids is 2. The van der Waals surface area contributed by atoms with Crippen LogP contribution in [0, 0.1) is 12.7 Å². The third-order valence-corrected chi connectivity index (χ3v) is 11.8. The SMILES string of the molecule is C.CC(C)n1ccc2cc(-c3ccc(C(=O)C(N)=O)cc3)ccc21.Cc1cc(CCCN2CCCC2)cc2c1OCCO2.Fc1cc(CCCN2CCCC2)cc2c1OCCO2. The number of ether oxygens (including phenoxy) is 4. The van der Waals surface area contributed by atoms with Crippen molar-refractivity contribution >= 4 is 22.6 Å². The fraction of sp³-hybridized carbons (Fsp3) is 0.451. The quantitative estimate of drug-likeness (QED) is 0.0978. The lowest BCUT2D eigenvalue weighted by Gasteiger charge is -2.21. The Balaban J connectivity index is 0.000000155. The predicted molar refractivity (Wildman–Crippen MR) is 246 cm³/mol. The third-order valence-electron chi connectivity index (χ3n) is 11.8. The molecule has 10 nitrogen and oxygen atoms in total. The summed E-state index contributed by atoms with van der Waals surface area (Å²) in [6.07, 6.45) is 11.8. The number of halogens is 1. The van der Waals surface area contributed by atoms with Gasteiger partial charge in [-0.1, -0.05) is 43.8 Å². The zero-order valence-electron chi connectivity index (χ0n) is 36.1. The van der Waals surface area contributed by atoms with E-state index < -0.39 is 11.7 Å². The molecule has 5 heterocycles. The summed E-state index contributed by atoms with van der Waals surface area (Å²) in [5, 5.41) is 1.17. The Morgan fingerprint density at radius 1 is 0.677 bits per heavy atom. The lowest BCUT2D eigenvalue weighted by molar-refractivity contribution is -0.114. The van der Waals surface area contributed by atoms with Crippen LogP contribution in [0.5, 0.6) is 23.0 Å². The number of benzene rings is 4. The van der Waals surface area contributed by atoms with Crippen molar-refractivity contribution in [3.8, 4) is 34.1 Å². The maximum Gasteiger partial charge on any atom is 0.289 e. The van der Waals surface area contributed by atoms with E-state index in [1.807, 2.05) is 18.2 Å². The summed E-state index contributed by atoms with van der Waals surface area (Å²) in [4.78, 5) is 27.5. The van der Waals surface area contributed by atoms with Gasteiger partial charge in [-0.15, -0.1) is 0 Å². The van der Waals surface area contributed by atoms with Crippen molar-refractivity contribution in [2.24, 2.45) is 5.73 Å². The number of aromatic nitrogens is 1. The van der Waals surface area contributed by atoms with Gasteiger partial charge in [0.25, 0.3) is 5.91 Å². The molecule has 4 aromatic carbocycles. The highest BCUT2D eigenvalue weighted by Gasteiger charge is 2.19. The highest BCUT2D eigenvalue weighted by Crippen LogP contribution is 2.36. The van der Waals surface area contributed by atoms with Crippen LogP contribution in [-0.4, -0.2) is 91.8 Å². The van der Waals surface area contributed by atoms with E-state index in [4.69, 9.17) is 24.7 Å². The number of Topliss-reactive ketones (excluding diaryl/α,β-unsaturated/α-hetero) is 1. The van der Waals surface area contributed by atoms with Crippen LogP contribution in [0.25, 0.3) is 22.0 Å². The molecule has 0 bridgehead atoms. The molecule has 332 valence electrons. The summed E-state index contributed by atoms with van der Waals surface area (Å²) in [7, 11) is 0. The second kappa shape index (κ2) is 22.1.